The minimum absolute atomic E-state index is 0.125. The number of amides is 1. The van der Waals surface area contributed by atoms with E-state index in [2.05, 4.69) is 5.48 Å². The lowest BCUT2D eigenvalue weighted by Gasteiger charge is -2.11. The minimum Gasteiger partial charge on any atom is -0.493 e. The first kappa shape index (κ1) is 13.9. The number of hydrogen-bond acceptors (Lipinski definition) is 3. The van der Waals surface area contributed by atoms with Gasteiger partial charge in [-0.15, -0.1) is 0 Å². The van der Waals surface area contributed by atoms with E-state index < -0.39 is 0 Å². The normalized spacial score (nSPS) is 15.4. The van der Waals surface area contributed by atoms with E-state index in [1.54, 1.807) is 0 Å². The van der Waals surface area contributed by atoms with E-state index in [0.717, 1.165) is 24.2 Å². The summed E-state index contributed by atoms with van der Waals surface area (Å²) in [6.45, 7) is 2.37. The zero-order valence-electron chi connectivity index (χ0n) is 11.4. The molecule has 0 radical (unpaired) electrons. The number of hydroxylamine groups is 1. The number of aryl methyl sites for hydroxylation is 1. The fourth-order valence-electron chi connectivity index (χ4n) is 2.17. The third kappa shape index (κ3) is 4.91. The molecule has 0 unspecified atom stereocenters. The molecule has 1 aliphatic rings. The smallest absolute Gasteiger partial charge is 0.246 e. The number of ether oxygens (including phenoxy) is 1. The minimum atomic E-state index is -0.125. The lowest BCUT2D eigenvalue weighted by molar-refractivity contribution is -0.138. The lowest BCUT2D eigenvalue weighted by atomic mass is 10.2. The van der Waals surface area contributed by atoms with Crippen molar-refractivity contribution in [3.8, 4) is 5.75 Å². The summed E-state index contributed by atoms with van der Waals surface area (Å²) in [5.41, 5.74) is 3.65. The van der Waals surface area contributed by atoms with Crippen LogP contribution in [0.1, 0.15) is 37.7 Å². The summed E-state index contributed by atoms with van der Waals surface area (Å²) < 4.78 is 5.51. The molecule has 0 saturated heterocycles. The molecule has 1 fully saturated rings. The Bertz CT molecular complexity index is 414. The van der Waals surface area contributed by atoms with E-state index >= 15 is 0 Å². The molecule has 0 heterocycles. The van der Waals surface area contributed by atoms with Gasteiger partial charge in [-0.1, -0.05) is 25.0 Å². The van der Waals surface area contributed by atoms with Gasteiger partial charge in [-0.25, -0.2) is 5.48 Å². The van der Waals surface area contributed by atoms with Crippen molar-refractivity contribution in [3.05, 3.63) is 29.8 Å². The van der Waals surface area contributed by atoms with Crippen molar-refractivity contribution in [2.75, 3.05) is 6.61 Å². The lowest BCUT2D eigenvalue weighted by Crippen LogP contribution is -2.29. The van der Waals surface area contributed by atoms with Gasteiger partial charge in [-0.05, 0) is 37.5 Å². The number of nitrogens with one attached hydrogen (secondary N) is 1. The Morgan fingerprint density at radius 1 is 1.37 bits per heavy atom. The molecular formula is C15H21NO3. The van der Waals surface area contributed by atoms with Crippen molar-refractivity contribution in [1.82, 2.24) is 5.48 Å². The number of hydrogen-bond donors (Lipinski definition) is 1. The van der Waals surface area contributed by atoms with Crippen molar-refractivity contribution in [2.45, 2.75) is 45.1 Å². The highest BCUT2D eigenvalue weighted by molar-refractivity contribution is 5.74. The molecule has 2 rings (SSSR count). The summed E-state index contributed by atoms with van der Waals surface area (Å²) >= 11 is 0. The Hall–Kier alpha value is -1.55. The number of carbonyl (C=O) groups excluding carboxylic acids is 1. The molecule has 104 valence electrons. The van der Waals surface area contributed by atoms with E-state index in [9.17, 15) is 4.79 Å². The van der Waals surface area contributed by atoms with Gasteiger partial charge in [0.1, 0.15) is 5.75 Å². The monoisotopic (exact) mass is 263 g/mol. The second-order valence-corrected chi connectivity index (χ2v) is 4.96. The van der Waals surface area contributed by atoms with Crippen LogP contribution >= 0.6 is 0 Å². The van der Waals surface area contributed by atoms with Gasteiger partial charge in [0.05, 0.1) is 19.1 Å². The van der Waals surface area contributed by atoms with Gasteiger partial charge >= 0.3 is 0 Å². The molecule has 1 N–H and O–H groups in total. The third-order valence-corrected chi connectivity index (χ3v) is 3.23. The van der Waals surface area contributed by atoms with Crippen molar-refractivity contribution in [3.63, 3.8) is 0 Å². The highest BCUT2D eigenvalue weighted by atomic mass is 16.7. The molecule has 1 amide bonds. The topological polar surface area (TPSA) is 47.6 Å². The maximum atomic E-state index is 11.5. The average molecular weight is 263 g/mol. The van der Waals surface area contributed by atoms with Gasteiger partial charge in [0.2, 0.25) is 5.91 Å². The maximum absolute atomic E-state index is 11.5. The van der Waals surface area contributed by atoms with Crippen LogP contribution in [0.5, 0.6) is 5.75 Å². The molecule has 0 aromatic heterocycles. The summed E-state index contributed by atoms with van der Waals surface area (Å²) in [6, 6.07) is 7.79. The van der Waals surface area contributed by atoms with Crippen LogP contribution < -0.4 is 10.2 Å². The van der Waals surface area contributed by atoms with Crippen molar-refractivity contribution in [2.24, 2.45) is 0 Å². The first-order valence-electron chi connectivity index (χ1n) is 6.88. The van der Waals surface area contributed by atoms with Crippen LogP contribution in [0.4, 0.5) is 0 Å². The predicted octanol–water partition coefficient (Wildman–Crippen LogP) is 2.75. The molecule has 0 aliphatic heterocycles. The summed E-state index contributed by atoms with van der Waals surface area (Å²) in [6.07, 6.45) is 4.97. The van der Waals surface area contributed by atoms with Crippen LogP contribution in [0.15, 0.2) is 24.3 Å². The van der Waals surface area contributed by atoms with Gasteiger partial charge in [0, 0.05) is 0 Å². The standard InChI is InChI=1S/C15H21NO3/c1-12-5-4-8-14(11-12)18-10-9-15(17)16-19-13-6-2-3-7-13/h4-5,8,11,13H,2-3,6-7,9-10H2,1H3,(H,16,17). The molecule has 0 spiro atoms. The first-order chi connectivity index (χ1) is 9.24. The van der Waals surface area contributed by atoms with Gasteiger partial charge in [-0.3, -0.25) is 9.63 Å². The SMILES string of the molecule is Cc1cccc(OCCC(=O)NOC2CCCC2)c1. The largest absolute Gasteiger partial charge is 0.493 e. The van der Waals surface area contributed by atoms with E-state index in [1.165, 1.54) is 12.8 Å². The average Bonchev–Trinajstić information content (AvgIpc) is 2.89. The van der Waals surface area contributed by atoms with Crippen LogP contribution in [0, 0.1) is 6.92 Å². The molecule has 0 atom stereocenters. The van der Waals surface area contributed by atoms with E-state index in [0.29, 0.717) is 13.0 Å². The number of rotatable bonds is 6. The molecule has 1 aliphatic carbocycles. The van der Waals surface area contributed by atoms with Crippen LogP contribution in [0.25, 0.3) is 0 Å². The van der Waals surface area contributed by atoms with E-state index in [1.807, 2.05) is 31.2 Å². The fourth-order valence-corrected chi connectivity index (χ4v) is 2.17. The second kappa shape index (κ2) is 7.14. The van der Waals surface area contributed by atoms with Crippen molar-refractivity contribution >= 4 is 5.91 Å². The summed E-state index contributed by atoms with van der Waals surface area (Å²) in [5.74, 6) is 0.670. The van der Waals surface area contributed by atoms with Crippen LogP contribution in [-0.2, 0) is 9.63 Å². The Labute approximate surface area is 114 Å². The third-order valence-electron chi connectivity index (χ3n) is 3.23. The Morgan fingerprint density at radius 2 is 2.16 bits per heavy atom. The van der Waals surface area contributed by atoms with Crippen LogP contribution in [0.2, 0.25) is 0 Å². The quantitative estimate of drug-likeness (QED) is 0.803. The van der Waals surface area contributed by atoms with E-state index in [4.69, 9.17) is 9.57 Å². The summed E-state index contributed by atoms with van der Waals surface area (Å²) in [5, 5.41) is 0. The molecule has 4 heteroatoms. The zero-order chi connectivity index (χ0) is 13.5. The highest BCUT2D eigenvalue weighted by Crippen LogP contribution is 2.19. The molecule has 1 saturated carbocycles. The Kier molecular flexibility index (Phi) is 5.21. The number of benzene rings is 1. The van der Waals surface area contributed by atoms with Crippen molar-refractivity contribution in [1.29, 1.82) is 0 Å². The molecule has 1 aromatic carbocycles. The van der Waals surface area contributed by atoms with Gasteiger partial charge in [0.15, 0.2) is 0 Å². The molecule has 19 heavy (non-hydrogen) atoms. The highest BCUT2D eigenvalue weighted by Gasteiger charge is 2.16. The molecular weight excluding hydrogens is 242 g/mol. The fraction of sp³-hybridized carbons (Fsp3) is 0.533. The summed E-state index contributed by atoms with van der Waals surface area (Å²) in [7, 11) is 0. The van der Waals surface area contributed by atoms with Crippen molar-refractivity contribution < 1.29 is 14.4 Å². The predicted molar refractivity (Wildman–Crippen MR) is 72.8 cm³/mol. The van der Waals surface area contributed by atoms with E-state index in [-0.39, 0.29) is 12.0 Å². The van der Waals surface area contributed by atoms with Crippen LogP contribution in [0.3, 0.4) is 0 Å². The molecule has 4 nitrogen and oxygen atoms in total. The zero-order valence-corrected chi connectivity index (χ0v) is 11.4. The molecule has 1 aromatic rings. The summed E-state index contributed by atoms with van der Waals surface area (Å²) in [4.78, 5) is 16.9. The second-order valence-electron chi connectivity index (χ2n) is 4.96. The Balaban J connectivity index is 1.60. The van der Waals surface area contributed by atoms with Gasteiger partial charge < -0.3 is 4.74 Å². The molecule has 0 bridgehead atoms. The first-order valence-corrected chi connectivity index (χ1v) is 6.88. The van der Waals surface area contributed by atoms with Gasteiger partial charge in [-0.2, -0.15) is 0 Å². The van der Waals surface area contributed by atoms with Gasteiger partial charge in [0.25, 0.3) is 0 Å². The number of carbonyl (C=O) groups is 1. The Morgan fingerprint density at radius 3 is 2.89 bits per heavy atom. The maximum Gasteiger partial charge on any atom is 0.246 e. The van der Waals surface area contributed by atoms with Crippen LogP contribution in [-0.4, -0.2) is 18.6 Å².